The van der Waals surface area contributed by atoms with E-state index in [0.717, 1.165) is 41.1 Å². The maximum absolute atomic E-state index is 12.3. The molecule has 1 saturated heterocycles. The van der Waals surface area contributed by atoms with Crippen LogP contribution in [0.3, 0.4) is 0 Å². The van der Waals surface area contributed by atoms with Crippen molar-refractivity contribution in [2.75, 3.05) is 18.4 Å². The molecule has 1 unspecified atom stereocenters. The van der Waals surface area contributed by atoms with Crippen LogP contribution in [0.4, 0.5) is 10.8 Å². The number of anilines is 2. The number of nitrogens with one attached hydrogen (secondary N) is 1. The molecule has 1 aromatic heterocycles. The van der Waals surface area contributed by atoms with Gasteiger partial charge < -0.3 is 10.2 Å². The number of carbonyl (C=O) groups excluding carboxylic acids is 1. The van der Waals surface area contributed by atoms with E-state index >= 15 is 0 Å². The molecule has 1 amide bonds. The van der Waals surface area contributed by atoms with Gasteiger partial charge in [-0.3, -0.25) is 4.79 Å². The monoisotopic (exact) mass is 334 g/mol. The minimum absolute atomic E-state index is 0.115. The fourth-order valence-electron chi connectivity index (χ4n) is 2.35. The molecule has 0 aliphatic carbocycles. The van der Waals surface area contributed by atoms with Crippen LogP contribution in [-0.4, -0.2) is 39.3 Å². The standard InChI is InChI=1S/C15H18N4OS2/c1-11(13(20)19-9-5-6-10-19)21-15-18-17-14(22-15)16-12-7-3-2-4-8-12/h2-4,7-8,11H,5-6,9-10H2,1H3,(H,16,17). The molecule has 0 radical (unpaired) electrons. The highest BCUT2D eigenvalue weighted by Crippen LogP contribution is 2.31. The number of nitrogens with zero attached hydrogens (tertiary/aromatic N) is 3. The average molecular weight is 334 g/mol. The Balaban J connectivity index is 1.58. The Labute approximate surface area is 138 Å². The second kappa shape index (κ2) is 7.11. The number of hydrogen-bond acceptors (Lipinski definition) is 6. The van der Waals surface area contributed by atoms with Crippen molar-refractivity contribution in [3.8, 4) is 0 Å². The van der Waals surface area contributed by atoms with Crippen LogP contribution in [0, 0.1) is 0 Å². The summed E-state index contributed by atoms with van der Waals surface area (Å²) in [4.78, 5) is 14.2. The third-order valence-corrected chi connectivity index (χ3v) is 5.49. The van der Waals surface area contributed by atoms with Crippen LogP contribution < -0.4 is 5.32 Å². The molecule has 1 aliphatic rings. The van der Waals surface area contributed by atoms with Gasteiger partial charge in [0.15, 0.2) is 4.34 Å². The van der Waals surface area contributed by atoms with Crippen LogP contribution in [0.15, 0.2) is 34.7 Å². The Morgan fingerprint density at radius 2 is 2.00 bits per heavy atom. The van der Waals surface area contributed by atoms with Crippen LogP contribution in [-0.2, 0) is 4.79 Å². The fourth-order valence-corrected chi connectivity index (χ4v) is 4.35. The van der Waals surface area contributed by atoms with E-state index in [2.05, 4.69) is 15.5 Å². The lowest BCUT2D eigenvalue weighted by atomic mass is 10.3. The highest BCUT2D eigenvalue weighted by Gasteiger charge is 2.24. The first-order valence-electron chi connectivity index (χ1n) is 7.33. The van der Waals surface area contributed by atoms with E-state index in [0.29, 0.717) is 0 Å². The third kappa shape index (κ3) is 3.78. The first-order valence-corrected chi connectivity index (χ1v) is 9.03. The Kier molecular flexibility index (Phi) is 4.94. The fraction of sp³-hybridized carbons (Fsp3) is 0.400. The number of hydrogen-bond donors (Lipinski definition) is 1. The molecule has 7 heteroatoms. The van der Waals surface area contributed by atoms with Gasteiger partial charge in [0.2, 0.25) is 11.0 Å². The van der Waals surface area contributed by atoms with Gasteiger partial charge in [-0.1, -0.05) is 41.3 Å². The minimum Gasteiger partial charge on any atom is -0.342 e. The zero-order valence-electron chi connectivity index (χ0n) is 12.4. The first kappa shape index (κ1) is 15.3. The Hall–Kier alpha value is -1.60. The van der Waals surface area contributed by atoms with Gasteiger partial charge in [-0.15, -0.1) is 10.2 Å². The van der Waals surface area contributed by atoms with Crippen molar-refractivity contribution in [1.29, 1.82) is 0 Å². The van der Waals surface area contributed by atoms with Gasteiger partial charge in [0.1, 0.15) is 0 Å². The molecule has 5 nitrogen and oxygen atoms in total. The summed E-state index contributed by atoms with van der Waals surface area (Å²) in [7, 11) is 0. The largest absolute Gasteiger partial charge is 0.342 e. The van der Waals surface area contributed by atoms with Gasteiger partial charge in [-0.05, 0) is 31.9 Å². The Morgan fingerprint density at radius 1 is 1.27 bits per heavy atom. The van der Waals surface area contributed by atoms with Gasteiger partial charge >= 0.3 is 0 Å². The van der Waals surface area contributed by atoms with Crippen molar-refractivity contribution in [2.45, 2.75) is 29.4 Å². The van der Waals surface area contributed by atoms with E-state index in [1.54, 1.807) is 0 Å². The highest BCUT2D eigenvalue weighted by molar-refractivity contribution is 8.02. The number of para-hydroxylation sites is 1. The molecule has 22 heavy (non-hydrogen) atoms. The molecule has 1 aromatic carbocycles. The van der Waals surface area contributed by atoms with Gasteiger partial charge in [0.25, 0.3) is 0 Å². The van der Waals surface area contributed by atoms with Crippen LogP contribution in [0.25, 0.3) is 0 Å². The van der Waals surface area contributed by atoms with Crippen molar-refractivity contribution >= 4 is 39.8 Å². The molecular formula is C15H18N4OS2. The smallest absolute Gasteiger partial charge is 0.235 e. The molecule has 2 aromatic rings. The second-order valence-electron chi connectivity index (χ2n) is 5.16. The topological polar surface area (TPSA) is 58.1 Å². The number of aromatic nitrogens is 2. The van der Waals surface area contributed by atoms with E-state index in [4.69, 9.17) is 0 Å². The predicted octanol–water partition coefficient (Wildman–Crippen LogP) is 3.38. The van der Waals surface area contributed by atoms with E-state index < -0.39 is 0 Å². The second-order valence-corrected chi connectivity index (χ2v) is 7.72. The maximum Gasteiger partial charge on any atom is 0.235 e. The first-order chi connectivity index (χ1) is 10.7. The molecule has 0 saturated carbocycles. The van der Waals surface area contributed by atoms with E-state index in [1.807, 2.05) is 42.2 Å². The zero-order valence-corrected chi connectivity index (χ0v) is 14.0. The van der Waals surface area contributed by atoms with Crippen molar-refractivity contribution < 1.29 is 4.79 Å². The SMILES string of the molecule is CC(Sc1nnc(Nc2ccccc2)s1)C(=O)N1CCCC1. The quantitative estimate of drug-likeness (QED) is 0.850. The number of amides is 1. The summed E-state index contributed by atoms with van der Waals surface area (Å²) >= 11 is 2.96. The summed E-state index contributed by atoms with van der Waals surface area (Å²) in [5, 5.41) is 12.1. The number of benzene rings is 1. The molecule has 2 heterocycles. The summed E-state index contributed by atoms with van der Waals surface area (Å²) in [5.74, 6) is 0.204. The summed E-state index contributed by atoms with van der Waals surface area (Å²) in [6.07, 6.45) is 2.24. The number of carbonyl (C=O) groups is 1. The Morgan fingerprint density at radius 3 is 2.73 bits per heavy atom. The molecular weight excluding hydrogens is 316 g/mol. The molecule has 1 aliphatic heterocycles. The molecule has 116 valence electrons. The van der Waals surface area contributed by atoms with E-state index in [9.17, 15) is 4.79 Å². The van der Waals surface area contributed by atoms with Crippen molar-refractivity contribution in [3.63, 3.8) is 0 Å². The van der Waals surface area contributed by atoms with E-state index in [-0.39, 0.29) is 11.2 Å². The molecule has 1 atom stereocenters. The van der Waals surface area contributed by atoms with Crippen LogP contribution in [0.2, 0.25) is 0 Å². The predicted molar refractivity (Wildman–Crippen MR) is 90.8 cm³/mol. The molecule has 0 bridgehead atoms. The Bertz CT molecular complexity index is 625. The third-order valence-electron chi connectivity index (χ3n) is 3.47. The van der Waals surface area contributed by atoms with Crippen molar-refractivity contribution in [1.82, 2.24) is 15.1 Å². The number of rotatable bonds is 5. The average Bonchev–Trinajstić information content (AvgIpc) is 3.19. The normalized spacial score (nSPS) is 15.8. The van der Waals surface area contributed by atoms with Crippen LogP contribution in [0.1, 0.15) is 19.8 Å². The number of thioether (sulfide) groups is 1. The molecule has 0 spiro atoms. The number of likely N-dealkylation sites (tertiary alicyclic amines) is 1. The summed E-state index contributed by atoms with van der Waals surface area (Å²) in [5.41, 5.74) is 0.983. The van der Waals surface area contributed by atoms with Crippen LogP contribution >= 0.6 is 23.1 Å². The van der Waals surface area contributed by atoms with E-state index in [1.165, 1.54) is 23.1 Å². The molecule has 1 N–H and O–H groups in total. The highest BCUT2D eigenvalue weighted by atomic mass is 32.2. The summed E-state index contributed by atoms with van der Waals surface area (Å²) in [6, 6.07) is 9.87. The van der Waals surface area contributed by atoms with Gasteiger partial charge in [-0.25, -0.2) is 0 Å². The summed E-state index contributed by atoms with van der Waals surface area (Å²) < 4.78 is 0.818. The lowest BCUT2D eigenvalue weighted by Gasteiger charge is -2.18. The van der Waals surface area contributed by atoms with Gasteiger partial charge in [0, 0.05) is 18.8 Å². The molecule has 3 rings (SSSR count). The summed E-state index contributed by atoms with van der Waals surface area (Å²) in [6.45, 7) is 3.72. The van der Waals surface area contributed by atoms with Gasteiger partial charge in [0.05, 0.1) is 5.25 Å². The maximum atomic E-state index is 12.3. The van der Waals surface area contributed by atoms with Gasteiger partial charge in [-0.2, -0.15) is 0 Å². The van der Waals surface area contributed by atoms with Crippen molar-refractivity contribution in [2.24, 2.45) is 0 Å². The van der Waals surface area contributed by atoms with Crippen LogP contribution in [0.5, 0.6) is 0 Å². The minimum atomic E-state index is -0.115. The zero-order chi connectivity index (χ0) is 15.4. The lowest BCUT2D eigenvalue weighted by molar-refractivity contribution is -0.129. The molecule has 1 fully saturated rings. The van der Waals surface area contributed by atoms with Crippen molar-refractivity contribution in [3.05, 3.63) is 30.3 Å². The lowest BCUT2D eigenvalue weighted by Crippen LogP contribution is -2.33.